The van der Waals surface area contributed by atoms with Crippen LogP contribution in [0.3, 0.4) is 0 Å². The molecule has 0 aliphatic rings. The van der Waals surface area contributed by atoms with Gasteiger partial charge in [0, 0.05) is 17.5 Å². The van der Waals surface area contributed by atoms with Crippen LogP contribution in [0, 0.1) is 0 Å². The van der Waals surface area contributed by atoms with Crippen molar-refractivity contribution in [1.29, 1.82) is 0 Å². The van der Waals surface area contributed by atoms with Gasteiger partial charge < -0.3 is 14.8 Å². The van der Waals surface area contributed by atoms with Crippen LogP contribution >= 0.6 is 0 Å². The third kappa shape index (κ3) is 2.63. The number of ether oxygens (including phenoxy) is 2. The molecule has 2 N–H and O–H groups in total. The van der Waals surface area contributed by atoms with Gasteiger partial charge in [-0.05, 0) is 24.3 Å². The molecule has 0 aliphatic heterocycles. The average molecular weight is 283 g/mol. The summed E-state index contributed by atoms with van der Waals surface area (Å²) in [4.78, 5) is 0. The van der Waals surface area contributed by atoms with E-state index < -0.39 is 0 Å². The molecule has 3 rings (SSSR count). The van der Waals surface area contributed by atoms with Crippen LogP contribution in [0.5, 0.6) is 11.5 Å². The second-order valence-corrected chi connectivity index (χ2v) is 4.67. The van der Waals surface area contributed by atoms with Crippen molar-refractivity contribution in [3.63, 3.8) is 0 Å². The molecule has 5 nitrogen and oxygen atoms in total. The molecule has 108 valence electrons. The lowest BCUT2D eigenvalue weighted by atomic mass is 10.1. The lowest BCUT2D eigenvalue weighted by Crippen LogP contribution is -2.02. The lowest BCUT2D eigenvalue weighted by Gasteiger charge is -2.12. The minimum Gasteiger partial charge on any atom is -0.497 e. The number of H-pyrrole nitrogens is 1. The van der Waals surface area contributed by atoms with Crippen molar-refractivity contribution in [3.05, 3.63) is 48.2 Å². The molecule has 0 saturated heterocycles. The molecule has 0 radical (unpaired) electrons. The monoisotopic (exact) mass is 283 g/mol. The third-order valence-corrected chi connectivity index (χ3v) is 3.43. The van der Waals surface area contributed by atoms with E-state index in [0.717, 1.165) is 33.7 Å². The van der Waals surface area contributed by atoms with Crippen LogP contribution in [0.1, 0.15) is 5.56 Å². The first kappa shape index (κ1) is 13.3. The number of benzene rings is 2. The highest BCUT2D eigenvalue weighted by Crippen LogP contribution is 2.26. The van der Waals surface area contributed by atoms with Gasteiger partial charge >= 0.3 is 0 Å². The molecule has 1 aromatic heterocycles. The van der Waals surface area contributed by atoms with Crippen molar-refractivity contribution < 1.29 is 9.47 Å². The number of fused-ring (bicyclic) bond motifs is 1. The number of hydrogen-bond donors (Lipinski definition) is 2. The van der Waals surface area contributed by atoms with Crippen molar-refractivity contribution in [2.45, 2.75) is 6.54 Å². The molecule has 0 bridgehead atoms. The number of aromatic amines is 1. The third-order valence-electron chi connectivity index (χ3n) is 3.43. The molecule has 0 fully saturated rings. The van der Waals surface area contributed by atoms with Crippen molar-refractivity contribution >= 4 is 16.6 Å². The number of methoxy groups -OCH3 is 2. The largest absolute Gasteiger partial charge is 0.497 e. The standard InChI is InChI=1S/C16H17N3O2/c1-20-13-6-7-15(21-2)12(8-13)9-17-14-5-3-4-11-10-18-19-16(11)14/h3-8,10,17H,9H2,1-2H3,(H,18,19). The van der Waals surface area contributed by atoms with E-state index in [4.69, 9.17) is 9.47 Å². The second-order valence-electron chi connectivity index (χ2n) is 4.67. The van der Waals surface area contributed by atoms with E-state index in [9.17, 15) is 0 Å². The highest BCUT2D eigenvalue weighted by molar-refractivity contribution is 5.89. The fraction of sp³-hybridized carbons (Fsp3) is 0.188. The van der Waals surface area contributed by atoms with E-state index in [0.29, 0.717) is 6.54 Å². The predicted molar refractivity (Wildman–Crippen MR) is 83.0 cm³/mol. The van der Waals surface area contributed by atoms with E-state index in [1.54, 1.807) is 14.2 Å². The quantitative estimate of drug-likeness (QED) is 0.755. The van der Waals surface area contributed by atoms with Crippen LogP contribution in [0.25, 0.3) is 10.9 Å². The molecule has 1 heterocycles. The van der Waals surface area contributed by atoms with Gasteiger partial charge in [0.2, 0.25) is 0 Å². The molecular weight excluding hydrogens is 266 g/mol. The van der Waals surface area contributed by atoms with Crippen LogP contribution in [0.2, 0.25) is 0 Å². The Morgan fingerprint density at radius 2 is 2.05 bits per heavy atom. The van der Waals surface area contributed by atoms with E-state index in [-0.39, 0.29) is 0 Å². The number of para-hydroxylation sites is 1. The molecule has 21 heavy (non-hydrogen) atoms. The maximum absolute atomic E-state index is 5.39. The SMILES string of the molecule is COc1ccc(OC)c(CNc2cccc3cn[nH]c23)c1. The normalized spacial score (nSPS) is 10.6. The van der Waals surface area contributed by atoms with Crippen molar-refractivity contribution in [2.24, 2.45) is 0 Å². The van der Waals surface area contributed by atoms with Crippen molar-refractivity contribution in [1.82, 2.24) is 10.2 Å². The number of aromatic nitrogens is 2. The van der Waals surface area contributed by atoms with Crippen LogP contribution in [-0.4, -0.2) is 24.4 Å². The molecule has 0 unspecified atom stereocenters. The summed E-state index contributed by atoms with van der Waals surface area (Å²) in [5, 5.41) is 11.6. The van der Waals surface area contributed by atoms with Gasteiger partial charge in [0.15, 0.2) is 0 Å². The van der Waals surface area contributed by atoms with Crippen LogP contribution in [0.4, 0.5) is 5.69 Å². The van der Waals surface area contributed by atoms with E-state index in [2.05, 4.69) is 15.5 Å². The number of rotatable bonds is 5. The van der Waals surface area contributed by atoms with Gasteiger partial charge in [-0.25, -0.2) is 0 Å². The van der Waals surface area contributed by atoms with Gasteiger partial charge in [-0.15, -0.1) is 0 Å². The van der Waals surface area contributed by atoms with Crippen LogP contribution in [-0.2, 0) is 6.54 Å². The topological polar surface area (TPSA) is 59.2 Å². The number of anilines is 1. The molecule has 3 aromatic rings. The molecule has 0 atom stereocenters. The molecule has 0 saturated carbocycles. The average Bonchev–Trinajstić information content (AvgIpc) is 3.01. The molecule has 0 spiro atoms. The first-order chi connectivity index (χ1) is 10.3. The second kappa shape index (κ2) is 5.75. The Labute approximate surface area is 122 Å². The maximum atomic E-state index is 5.39. The van der Waals surface area contributed by atoms with Gasteiger partial charge in [0.25, 0.3) is 0 Å². The molecule has 2 aromatic carbocycles. The van der Waals surface area contributed by atoms with Crippen LogP contribution < -0.4 is 14.8 Å². The fourth-order valence-corrected chi connectivity index (χ4v) is 2.33. The Balaban J connectivity index is 1.86. The maximum Gasteiger partial charge on any atom is 0.124 e. The minimum absolute atomic E-state index is 0.637. The molecular formula is C16H17N3O2. The van der Waals surface area contributed by atoms with Crippen LogP contribution in [0.15, 0.2) is 42.6 Å². The Hall–Kier alpha value is -2.69. The van der Waals surface area contributed by atoms with E-state index in [1.165, 1.54) is 0 Å². The van der Waals surface area contributed by atoms with E-state index >= 15 is 0 Å². The summed E-state index contributed by atoms with van der Waals surface area (Å²) in [6, 6.07) is 11.8. The Morgan fingerprint density at radius 3 is 2.86 bits per heavy atom. The Morgan fingerprint density at radius 1 is 1.14 bits per heavy atom. The zero-order valence-corrected chi connectivity index (χ0v) is 12.0. The van der Waals surface area contributed by atoms with Gasteiger partial charge in [-0.2, -0.15) is 5.10 Å². The first-order valence-corrected chi connectivity index (χ1v) is 6.68. The summed E-state index contributed by atoms with van der Waals surface area (Å²) in [7, 11) is 3.32. The Kier molecular flexibility index (Phi) is 3.64. The minimum atomic E-state index is 0.637. The van der Waals surface area contributed by atoms with Crippen molar-refractivity contribution in [2.75, 3.05) is 19.5 Å². The highest BCUT2D eigenvalue weighted by Gasteiger charge is 2.07. The smallest absolute Gasteiger partial charge is 0.124 e. The molecule has 0 aliphatic carbocycles. The number of nitrogens with one attached hydrogen (secondary N) is 2. The number of nitrogens with zero attached hydrogens (tertiary/aromatic N) is 1. The van der Waals surface area contributed by atoms with Gasteiger partial charge in [0.05, 0.1) is 31.6 Å². The fourth-order valence-electron chi connectivity index (χ4n) is 2.33. The molecule has 5 heteroatoms. The zero-order chi connectivity index (χ0) is 14.7. The first-order valence-electron chi connectivity index (χ1n) is 6.68. The van der Waals surface area contributed by atoms with Gasteiger partial charge in [-0.3, -0.25) is 5.10 Å². The summed E-state index contributed by atoms with van der Waals surface area (Å²) in [5.74, 6) is 1.65. The summed E-state index contributed by atoms with van der Waals surface area (Å²) in [6.07, 6.45) is 1.81. The van der Waals surface area contributed by atoms with Crippen molar-refractivity contribution in [3.8, 4) is 11.5 Å². The predicted octanol–water partition coefficient (Wildman–Crippen LogP) is 3.19. The highest BCUT2D eigenvalue weighted by atomic mass is 16.5. The molecule has 0 amide bonds. The summed E-state index contributed by atoms with van der Waals surface area (Å²) in [5.41, 5.74) is 3.04. The Bertz CT molecular complexity index is 752. The van der Waals surface area contributed by atoms with Gasteiger partial charge in [-0.1, -0.05) is 12.1 Å². The summed E-state index contributed by atoms with van der Waals surface area (Å²) in [6.45, 7) is 0.637. The summed E-state index contributed by atoms with van der Waals surface area (Å²) < 4.78 is 10.7. The summed E-state index contributed by atoms with van der Waals surface area (Å²) >= 11 is 0. The van der Waals surface area contributed by atoms with Gasteiger partial charge in [0.1, 0.15) is 11.5 Å². The number of hydrogen-bond acceptors (Lipinski definition) is 4. The van der Waals surface area contributed by atoms with E-state index in [1.807, 2.05) is 42.6 Å². The zero-order valence-electron chi connectivity index (χ0n) is 12.0. The lowest BCUT2D eigenvalue weighted by molar-refractivity contribution is 0.399.